The van der Waals surface area contributed by atoms with Crippen LogP contribution in [0.15, 0.2) is 60.8 Å². The van der Waals surface area contributed by atoms with E-state index in [1.165, 1.54) is 18.3 Å². The average Bonchev–Trinajstić information content (AvgIpc) is 2.67. The van der Waals surface area contributed by atoms with Gasteiger partial charge in [0.1, 0.15) is 6.04 Å². The van der Waals surface area contributed by atoms with Gasteiger partial charge in [0.2, 0.25) is 5.91 Å². The molecule has 7 heteroatoms. The third-order valence-electron chi connectivity index (χ3n) is 4.14. The topological polar surface area (TPSA) is 122 Å². The van der Waals surface area contributed by atoms with Crippen molar-refractivity contribution < 1.29 is 19.5 Å². The summed E-state index contributed by atoms with van der Waals surface area (Å²) in [6.45, 7) is 0. The average molecular weight is 363 g/mol. The van der Waals surface area contributed by atoms with E-state index in [2.05, 4.69) is 10.3 Å². The second-order valence-corrected chi connectivity index (χ2v) is 6.05. The van der Waals surface area contributed by atoms with Gasteiger partial charge in [0.15, 0.2) is 0 Å². The maximum absolute atomic E-state index is 12.5. The molecule has 1 heterocycles. The van der Waals surface area contributed by atoms with Crippen LogP contribution in [0.5, 0.6) is 0 Å². The Balaban J connectivity index is 1.75. The predicted octanol–water partition coefficient (Wildman–Crippen LogP) is 1.76. The van der Waals surface area contributed by atoms with Gasteiger partial charge in [-0.1, -0.05) is 30.3 Å². The molecule has 7 nitrogen and oxygen atoms in total. The zero-order valence-corrected chi connectivity index (χ0v) is 14.3. The van der Waals surface area contributed by atoms with Gasteiger partial charge in [0.25, 0.3) is 5.91 Å². The molecule has 3 rings (SSSR count). The lowest BCUT2D eigenvalue weighted by Gasteiger charge is -2.16. The van der Waals surface area contributed by atoms with Crippen molar-refractivity contribution in [3.05, 3.63) is 77.5 Å². The number of rotatable bonds is 6. The molecule has 0 saturated heterocycles. The highest BCUT2D eigenvalue weighted by Gasteiger charge is 2.20. The quantitative estimate of drug-likeness (QED) is 0.616. The first kappa shape index (κ1) is 18.1. The fourth-order valence-electron chi connectivity index (χ4n) is 2.68. The highest BCUT2D eigenvalue weighted by Crippen LogP contribution is 2.13. The lowest BCUT2D eigenvalue weighted by Crippen LogP contribution is -2.45. The first-order valence-corrected chi connectivity index (χ1v) is 8.21. The summed E-state index contributed by atoms with van der Waals surface area (Å²) in [7, 11) is 0. The molecule has 0 aliphatic heterocycles. The Labute approximate surface area is 154 Å². The number of carboxylic acids is 1. The maximum atomic E-state index is 12.5. The van der Waals surface area contributed by atoms with Crippen molar-refractivity contribution in [2.75, 3.05) is 0 Å². The molecule has 0 unspecified atom stereocenters. The minimum absolute atomic E-state index is 0.139. The lowest BCUT2D eigenvalue weighted by molar-refractivity contribution is -0.119. The SMILES string of the molecule is NC(=O)[C@@H](Cc1ccc(C(=O)O)cc1)NC(=O)c1cnc2ccccc2c1. The molecule has 0 spiro atoms. The molecule has 0 aliphatic carbocycles. The molecule has 1 atom stereocenters. The molecule has 2 aromatic carbocycles. The largest absolute Gasteiger partial charge is 0.478 e. The molecule has 0 aliphatic rings. The van der Waals surface area contributed by atoms with Gasteiger partial charge < -0.3 is 16.2 Å². The molecule has 136 valence electrons. The number of nitrogens with zero attached hydrogens (tertiary/aromatic N) is 1. The molecular formula is C20H17N3O4. The lowest BCUT2D eigenvalue weighted by atomic mass is 10.0. The predicted molar refractivity (Wildman–Crippen MR) is 99.3 cm³/mol. The summed E-state index contributed by atoms with van der Waals surface area (Å²) in [6, 6.07) is 14.2. The van der Waals surface area contributed by atoms with Gasteiger partial charge in [0.05, 0.1) is 16.6 Å². The number of fused-ring (bicyclic) bond motifs is 1. The number of nitrogens with one attached hydrogen (secondary N) is 1. The Morgan fingerprint density at radius 1 is 1.04 bits per heavy atom. The van der Waals surface area contributed by atoms with E-state index in [1.54, 1.807) is 18.2 Å². The molecule has 3 aromatic rings. The molecule has 27 heavy (non-hydrogen) atoms. The van der Waals surface area contributed by atoms with Gasteiger partial charge in [-0.25, -0.2) is 4.79 Å². The highest BCUT2D eigenvalue weighted by molar-refractivity contribution is 5.99. The number of benzene rings is 2. The van der Waals surface area contributed by atoms with Crippen molar-refractivity contribution >= 4 is 28.7 Å². The number of amides is 2. The minimum atomic E-state index is -1.04. The van der Waals surface area contributed by atoms with Crippen molar-refractivity contribution in [1.29, 1.82) is 0 Å². The summed E-state index contributed by atoms with van der Waals surface area (Å²) in [5, 5.41) is 12.4. The number of carboxylic acid groups (broad SMARTS) is 1. The van der Waals surface area contributed by atoms with Crippen LogP contribution < -0.4 is 11.1 Å². The van der Waals surface area contributed by atoms with Crippen molar-refractivity contribution in [2.45, 2.75) is 12.5 Å². The molecular weight excluding hydrogens is 346 g/mol. The van der Waals surface area contributed by atoms with Gasteiger partial charge in [-0.3, -0.25) is 14.6 Å². The van der Waals surface area contributed by atoms with E-state index in [0.717, 1.165) is 10.9 Å². The van der Waals surface area contributed by atoms with E-state index >= 15 is 0 Å². The zero-order valence-electron chi connectivity index (χ0n) is 14.3. The fraction of sp³-hybridized carbons (Fsp3) is 0.100. The van der Waals surface area contributed by atoms with Crippen LogP contribution in [-0.4, -0.2) is 33.9 Å². The highest BCUT2D eigenvalue weighted by atomic mass is 16.4. The second-order valence-electron chi connectivity index (χ2n) is 6.05. The van der Waals surface area contributed by atoms with Crippen LogP contribution in [-0.2, 0) is 11.2 Å². The van der Waals surface area contributed by atoms with Crippen LogP contribution in [0.4, 0.5) is 0 Å². The van der Waals surface area contributed by atoms with Gasteiger partial charge in [0, 0.05) is 18.0 Å². The molecule has 0 bridgehead atoms. The molecule has 0 fully saturated rings. The third-order valence-corrected chi connectivity index (χ3v) is 4.14. The number of aromatic nitrogens is 1. The van der Waals surface area contributed by atoms with Gasteiger partial charge in [-0.05, 0) is 29.8 Å². The Bertz CT molecular complexity index is 1020. The number of para-hydroxylation sites is 1. The molecule has 2 amide bonds. The van der Waals surface area contributed by atoms with Crippen molar-refractivity contribution in [1.82, 2.24) is 10.3 Å². The van der Waals surface area contributed by atoms with Crippen LogP contribution in [0.25, 0.3) is 10.9 Å². The van der Waals surface area contributed by atoms with Crippen molar-refractivity contribution in [3.8, 4) is 0 Å². The Morgan fingerprint density at radius 3 is 2.41 bits per heavy atom. The second kappa shape index (κ2) is 7.65. The first-order valence-electron chi connectivity index (χ1n) is 8.21. The van der Waals surface area contributed by atoms with E-state index in [1.807, 2.05) is 24.3 Å². The number of aromatic carboxylic acids is 1. The number of carbonyl (C=O) groups excluding carboxylic acids is 2. The monoisotopic (exact) mass is 363 g/mol. The summed E-state index contributed by atoms with van der Waals surface area (Å²) in [4.78, 5) is 39.4. The summed E-state index contributed by atoms with van der Waals surface area (Å²) in [5.74, 6) is -2.18. The number of carbonyl (C=O) groups is 3. The van der Waals surface area contributed by atoms with Crippen molar-refractivity contribution in [3.63, 3.8) is 0 Å². The van der Waals surface area contributed by atoms with E-state index in [-0.39, 0.29) is 12.0 Å². The van der Waals surface area contributed by atoms with Crippen LogP contribution >= 0.6 is 0 Å². The number of hydrogen-bond acceptors (Lipinski definition) is 4. The Kier molecular flexibility index (Phi) is 5.12. The van der Waals surface area contributed by atoms with Crippen LogP contribution in [0.2, 0.25) is 0 Å². The summed E-state index contributed by atoms with van der Waals surface area (Å²) < 4.78 is 0. The normalized spacial score (nSPS) is 11.7. The molecule has 0 saturated carbocycles. The van der Waals surface area contributed by atoms with Gasteiger partial charge in [-0.2, -0.15) is 0 Å². The van der Waals surface area contributed by atoms with Crippen LogP contribution in [0.3, 0.4) is 0 Å². The summed E-state index contributed by atoms with van der Waals surface area (Å²) >= 11 is 0. The minimum Gasteiger partial charge on any atom is -0.478 e. The molecule has 1 aromatic heterocycles. The number of pyridine rings is 1. The molecule has 4 N–H and O–H groups in total. The number of nitrogens with two attached hydrogens (primary N) is 1. The van der Waals surface area contributed by atoms with Gasteiger partial charge in [-0.15, -0.1) is 0 Å². The first-order chi connectivity index (χ1) is 12.9. The van der Waals surface area contributed by atoms with Crippen LogP contribution in [0.1, 0.15) is 26.3 Å². The zero-order chi connectivity index (χ0) is 19.4. The number of primary amides is 1. The maximum Gasteiger partial charge on any atom is 0.335 e. The van der Waals surface area contributed by atoms with E-state index in [0.29, 0.717) is 11.1 Å². The van der Waals surface area contributed by atoms with E-state index < -0.39 is 23.8 Å². The Hall–Kier alpha value is -3.74. The van der Waals surface area contributed by atoms with Crippen LogP contribution in [0, 0.1) is 0 Å². The fourth-order valence-corrected chi connectivity index (χ4v) is 2.68. The third kappa shape index (κ3) is 4.27. The Morgan fingerprint density at radius 2 is 1.74 bits per heavy atom. The standard InChI is InChI=1S/C20H17N3O4/c21-18(24)17(9-12-5-7-13(8-6-12)20(26)27)23-19(25)15-10-14-3-1-2-4-16(14)22-11-15/h1-8,10-11,17H,9H2,(H2,21,24)(H,23,25)(H,26,27)/t17-/m1/s1. The molecule has 0 radical (unpaired) electrons. The summed E-state index contributed by atoms with van der Waals surface area (Å²) in [5.41, 5.74) is 7.32. The van der Waals surface area contributed by atoms with Crippen molar-refractivity contribution in [2.24, 2.45) is 5.73 Å². The van der Waals surface area contributed by atoms with E-state index in [4.69, 9.17) is 10.8 Å². The van der Waals surface area contributed by atoms with E-state index in [9.17, 15) is 14.4 Å². The smallest absolute Gasteiger partial charge is 0.335 e. The summed E-state index contributed by atoms with van der Waals surface area (Å²) in [6.07, 6.45) is 1.60. The van der Waals surface area contributed by atoms with Gasteiger partial charge >= 0.3 is 5.97 Å². The number of hydrogen-bond donors (Lipinski definition) is 3.